The number of phenols is 1. The van der Waals surface area contributed by atoms with Crippen molar-refractivity contribution in [3.63, 3.8) is 0 Å². The summed E-state index contributed by atoms with van der Waals surface area (Å²) in [4.78, 5) is 16.6. The van der Waals surface area contributed by atoms with Gasteiger partial charge >= 0.3 is 0 Å². The second-order valence-electron chi connectivity index (χ2n) is 5.56. The standard InChI is InChI=1S/C17H23N3O2S/c1-12-9-14(21)6-7-15(12)20-16(22)10-13-11-23-17(19-13)5-3-2-4-8-18/h6-7,9,11,21H,2-5,8,10,18H2,1H3,(H,20,22). The molecule has 0 aliphatic carbocycles. The number of anilines is 1. The van der Waals surface area contributed by atoms with E-state index in [2.05, 4.69) is 10.3 Å². The highest BCUT2D eigenvalue weighted by molar-refractivity contribution is 7.09. The second kappa shape index (κ2) is 8.64. The number of amides is 1. The van der Waals surface area contributed by atoms with E-state index in [9.17, 15) is 9.90 Å². The highest BCUT2D eigenvalue weighted by atomic mass is 32.1. The van der Waals surface area contributed by atoms with Crippen LogP contribution < -0.4 is 11.1 Å². The van der Waals surface area contributed by atoms with Crippen LogP contribution in [0.1, 0.15) is 35.5 Å². The number of rotatable bonds is 8. The van der Waals surface area contributed by atoms with Crippen molar-refractivity contribution in [1.29, 1.82) is 0 Å². The van der Waals surface area contributed by atoms with Gasteiger partial charge in [0.1, 0.15) is 5.75 Å². The fraction of sp³-hybridized carbons (Fsp3) is 0.412. The Labute approximate surface area is 140 Å². The molecule has 5 nitrogen and oxygen atoms in total. The third-order valence-corrected chi connectivity index (χ3v) is 4.48. The van der Waals surface area contributed by atoms with Crippen LogP contribution in [0.4, 0.5) is 5.69 Å². The topological polar surface area (TPSA) is 88.2 Å². The van der Waals surface area contributed by atoms with Crippen molar-refractivity contribution in [3.8, 4) is 5.75 Å². The average molecular weight is 333 g/mol. The van der Waals surface area contributed by atoms with Gasteiger partial charge in [-0.3, -0.25) is 4.79 Å². The molecule has 0 atom stereocenters. The highest BCUT2D eigenvalue weighted by Gasteiger charge is 2.09. The first-order chi connectivity index (χ1) is 11.1. The number of nitrogens with one attached hydrogen (secondary N) is 1. The summed E-state index contributed by atoms with van der Waals surface area (Å²) in [7, 11) is 0. The van der Waals surface area contributed by atoms with Crippen molar-refractivity contribution in [2.24, 2.45) is 5.73 Å². The lowest BCUT2D eigenvalue weighted by Gasteiger charge is -2.07. The fourth-order valence-corrected chi connectivity index (χ4v) is 3.13. The number of thiazole rings is 1. The summed E-state index contributed by atoms with van der Waals surface area (Å²) < 4.78 is 0. The molecule has 1 heterocycles. The van der Waals surface area contributed by atoms with Crippen molar-refractivity contribution in [2.45, 2.75) is 39.0 Å². The molecule has 0 radical (unpaired) electrons. The van der Waals surface area contributed by atoms with Crippen LogP contribution in [0, 0.1) is 6.92 Å². The number of nitrogens with two attached hydrogens (primary N) is 1. The lowest BCUT2D eigenvalue weighted by Crippen LogP contribution is -2.15. The third-order valence-electron chi connectivity index (χ3n) is 3.52. The molecule has 0 saturated heterocycles. The molecule has 4 N–H and O–H groups in total. The van der Waals surface area contributed by atoms with Crippen molar-refractivity contribution in [3.05, 3.63) is 39.8 Å². The number of unbranched alkanes of at least 4 members (excludes halogenated alkanes) is 2. The van der Waals surface area contributed by atoms with E-state index in [0.717, 1.165) is 48.5 Å². The van der Waals surface area contributed by atoms with E-state index in [1.165, 1.54) is 0 Å². The molecule has 1 amide bonds. The molecule has 2 rings (SSSR count). The number of carbonyl (C=O) groups excluding carboxylic acids is 1. The van der Waals surface area contributed by atoms with Crippen molar-refractivity contribution in [1.82, 2.24) is 4.98 Å². The number of aryl methyl sites for hydroxylation is 2. The summed E-state index contributed by atoms with van der Waals surface area (Å²) in [6.07, 6.45) is 4.46. The highest BCUT2D eigenvalue weighted by Crippen LogP contribution is 2.20. The molecule has 124 valence electrons. The minimum atomic E-state index is -0.0984. The molecule has 0 spiro atoms. The molecule has 0 fully saturated rings. The molecule has 6 heteroatoms. The Morgan fingerprint density at radius 1 is 1.35 bits per heavy atom. The molecule has 1 aromatic heterocycles. The first-order valence-corrected chi connectivity index (χ1v) is 8.69. The van der Waals surface area contributed by atoms with E-state index in [1.807, 2.05) is 12.3 Å². The molecular formula is C17H23N3O2S. The Kier molecular flexibility index (Phi) is 6.55. The van der Waals surface area contributed by atoms with Gasteiger partial charge < -0.3 is 16.2 Å². The van der Waals surface area contributed by atoms with Crippen LogP contribution in [-0.2, 0) is 17.6 Å². The zero-order valence-electron chi connectivity index (χ0n) is 13.3. The number of carbonyl (C=O) groups is 1. The van der Waals surface area contributed by atoms with Gasteiger partial charge in [-0.05, 0) is 56.5 Å². The van der Waals surface area contributed by atoms with Crippen LogP contribution in [0.3, 0.4) is 0 Å². The summed E-state index contributed by atoms with van der Waals surface area (Å²) in [5.41, 5.74) is 7.82. The van der Waals surface area contributed by atoms with Gasteiger partial charge in [0.15, 0.2) is 0 Å². The molecule has 0 bridgehead atoms. The van der Waals surface area contributed by atoms with Crippen LogP contribution in [0.2, 0.25) is 0 Å². The number of nitrogens with zero attached hydrogens (tertiary/aromatic N) is 1. The number of aromatic nitrogens is 1. The van der Waals surface area contributed by atoms with Crippen LogP contribution in [0.5, 0.6) is 5.75 Å². The minimum absolute atomic E-state index is 0.0984. The van der Waals surface area contributed by atoms with Gasteiger partial charge in [0.2, 0.25) is 5.91 Å². The van der Waals surface area contributed by atoms with E-state index in [4.69, 9.17) is 5.73 Å². The lowest BCUT2D eigenvalue weighted by molar-refractivity contribution is -0.115. The fourth-order valence-electron chi connectivity index (χ4n) is 2.29. The quantitative estimate of drug-likeness (QED) is 0.512. The van der Waals surface area contributed by atoms with E-state index in [1.54, 1.807) is 29.5 Å². The molecule has 0 aliphatic heterocycles. The van der Waals surface area contributed by atoms with Gasteiger partial charge in [-0.1, -0.05) is 6.42 Å². The van der Waals surface area contributed by atoms with Crippen molar-refractivity contribution >= 4 is 22.9 Å². The third kappa shape index (κ3) is 5.65. The first kappa shape index (κ1) is 17.4. The minimum Gasteiger partial charge on any atom is -0.508 e. The summed E-state index contributed by atoms with van der Waals surface area (Å²) in [6, 6.07) is 4.88. The van der Waals surface area contributed by atoms with Gasteiger partial charge in [-0.25, -0.2) is 4.98 Å². The number of benzene rings is 1. The number of hydrogen-bond donors (Lipinski definition) is 3. The zero-order valence-corrected chi connectivity index (χ0v) is 14.2. The normalized spacial score (nSPS) is 10.7. The molecule has 0 aliphatic rings. The Morgan fingerprint density at radius 3 is 2.91 bits per heavy atom. The Balaban J connectivity index is 1.84. The van der Waals surface area contributed by atoms with E-state index < -0.39 is 0 Å². The number of aromatic hydroxyl groups is 1. The maximum Gasteiger partial charge on any atom is 0.230 e. The molecule has 1 aromatic carbocycles. The maximum atomic E-state index is 12.1. The van der Waals surface area contributed by atoms with E-state index >= 15 is 0 Å². The van der Waals surface area contributed by atoms with Gasteiger partial charge in [0.25, 0.3) is 0 Å². The SMILES string of the molecule is Cc1cc(O)ccc1NC(=O)Cc1csc(CCCCCN)n1. The second-order valence-corrected chi connectivity index (χ2v) is 6.50. The molecule has 0 saturated carbocycles. The van der Waals surface area contributed by atoms with Crippen molar-refractivity contribution in [2.75, 3.05) is 11.9 Å². The van der Waals surface area contributed by atoms with E-state index in [0.29, 0.717) is 5.69 Å². The Morgan fingerprint density at radius 2 is 2.17 bits per heavy atom. The maximum absolute atomic E-state index is 12.1. The smallest absolute Gasteiger partial charge is 0.230 e. The number of phenolic OH excluding ortho intramolecular Hbond substituents is 1. The van der Waals surface area contributed by atoms with Gasteiger partial charge in [-0.2, -0.15) is 0 Å². The summed E-state index contributed by atoms with van der Waals surface area (Å²) in [6.45, 7) is 2.58. The number of hydrogen-bond acceptors (Lipinski definition) is 5. The monoisotopic (exact) mass is 333 g/mol. The van der Waals surface area contributed by atoms with Crippen molar-refractivity contribution < 1.29 is 9.90 Å². The van der Waals surface area contributed by atoms with Crippen LogP contribution in [0.15, 0.2) is 23.6 Å². The van der Waals surface area contributed by atoms with E-state index in [-0.39, 0.29) is 18.1 Å². The van der Waals surface area contributed by atoms with Gasteiger partial charge in [0, 0.05) is 11.1 Å². The van der Waals surface area contributed by atoms with Gasteiger partial charge in [-0.15, -0.1) is 11.3 Å². The van der Waals surface area contributed by atoms with Gasteiger partial charge in [0.05, 0.1) is 17.1 Å². The molecular weight excluding hydrogens is 310 g/mol. The first-order valence-electron chi connectivity index (χ1n) is 7.81. The predicted octanol–water partition coefficient (Wildman–Crippen LogP) is 3.01. The molecule has 23 heavy (non-hydrogen) atoms. The Hall–Kier alpha value is -1.92. The molecule has 0 unspecified atom stereocenters. The average Bonchev–Trinajstić information content (AvgIpc) is 2.94. The summed E-state index contributed by atoms with van der Waals surface area (Å²) >= 11 is 1.61. The van der Waals surface area contributed by atoms with Crippen LogP contribution in [0.25, 0.3) is 0 Å². The zero-order chi connectivity index (χ0) is 16.7. The summed E-state index contributed by atoms with van der Waals surface area (Å²) in [5, 5.41) is 15.3. The largest absolute Gasteiger partial charge is 0.508 e. The summed E-state index contributed by atoms with van der Waals surface area (Å²) in [5.74, 6) is 0.0954. The predicted molar refractivity (Wildman–Crippen MR) is 93.9 cm³/mol. The Bertz CT molecular complexity index is 655. The molecule has 2 aromatic rings. The van der Waals surface area contributed by atoms with Crippen LogP contribution >= 0.6 is 11.3 Å². The lowest BCUT2D eigenvalue weighted by atomic mass is 10.2. The van der Waals surface area contributed by atoms with Crippen LogP contribution in [-0.4, -0.2) is 22.5 Å².